The number of nitrogens with one attached hydrogen (secondary N) is 1. The Hall–Kier alpha value is -1.59. The number of ketones is 1. The number of benzene rings is 1. The zero-order valence-corrected chi connectivity index (χ0v) is 16.9. The highest BCUT2D eigenvalue weighted by Crippen LogP contribution is 2.39. The minimum absolute atomic E-state index is 0.204. The summed E-state index contributed by atoms with van der Waals surface area (Å²) in [4.78, 5) is 14.8. The van der Waals surface area contributed by atoms with Gasteiger partial charge in [-0.05, 0) is 55.6 Å². The van der Waals surface area contributed by atoms with Crippen molar-refractivity contribution in [2.75, 3.05) is 13.2 Å². The normalized spacial score (nSPS) is 20.1. The van der Waals surface area contributed by atoms with Crippen molar-refractivity contribution in [3.05, 3.63) is 40.1 Å². The molecule has 1 aromatic rings. The molecule has 3 rings (SSSR count). The monoisotopic (exact) mass is 392 g/mol. The van der Waals surface area contributed by atoms with Gasteiger partial charge in [-0.25, -0.2) is 0 Å². The van der Waals surface area contributed by atoms with Gasteiger partial charge in [-0.1, -0.05) is 31.5 Å². The van der Waals surface area contributed by atoms with E-state index in [1.54, 1.807) is 0 Å². The summed E-state index contributed by atoms with van der Waals surface area (Å²) >= 11 is 12.0. The van der Waals surface area contributed by atoms with E-state index in [1.165, 1.54) is 0 Å². The van der Waals surface area contributed by atoms with Crippen LogP contribution in [0.4, 0.5) is 0 Å². The maximum Gasteiger partial charge on any atom is 0.173 e. The van der Waals surface area contributed by atoms with E-state index >= 15 is 0 Å². The number of allylic oxidation sites excluding steroid dienone is 1. The molecule has 1 heterocycles. The van der Waals surface area contributed by atoms with E-state index in [0.29, 0.717) is 28.9 Å². The van der Waals surface area contributed by atoms with Crippen LogP contribution in [0.1, 0.15) is 57.6 Å². The number of hydrogen-bond acceptors (Lipinski definition) is 3. The smallest absolute Gasteiger partial charge is 0.173 e. The first-order valence-electron chi connectivity index (χ1n) is 9.33. The Bertz CT molecular complexity index is 747. The Morgan fingerprint density at radius 1 is 1.31 bits per heavy atom. The summed E-state index contributed by atoms with van der Waals surface area (Å²) in [6.45, 7) is 5.63. The largest absolute Gasteiger partial charge is 0.492 e. The van der Waals surface area contributed by atoms with Crippen LogP contribution in [0, 0.1) is 0 Å². The standard InChI is InChI=1S/C20H25ClN2O2S/c1-3-10-23-15-6-5-7-16(24)18(15)19(22-20(23)26)13-8-9-17(14(21)12-13)25-11-4-2/h8-9,12,19H,3-7,10-11H2,1-2H3,(H,22,26). The zero-order chi connectivity index (χ0) is 18.7. The third-order valence-electron chi connectivity index (χ3n) is 4.75. The first-order valence-corrected chi connectivity index (χ1v) is 10.1. The topological polar surface area (TPSA) is 41.6 Å². The van der Waals surface area contributed by atoms with Crippen molar-refractivity contribution in [3.63, 3.8) is 0 Å². The van der Waals surface area contributed by atoms with Gasteiger partial charge in [-0.3, -0.25) is 4.79 Å². The number of hydrogen-bond donors (Lipinski definition) is 1. The molecule has 1 aliphatic heterocycles. The highest BCUT2D eigenvalue weighted by molar-refractivity contribution is 7.80. The van der Waals surface area contributed by atoms with Crippen LogP contribution in [-0.4, -0.2) is 28.9 Å². The lowest BCUT2D eigenvalue weighted by atomic mass is 9.84. The van der Waals surface area contributed by atoms with Gasteiger partial charge >= 0.3 is 0 Å². The predicted molar refractivity (Wildman–Crippen MR) is 109 cm³/mol. The molecule has 1 aliphatic carbocycles. The van der Waals surface area contributed by atoms with Crippen molar-refractivity contribution in [1.82, 2.24) is 10.2 Å². The molecule has 0 bridgehead atoms. The molecule has 1 aromatic carbocycles. The molecule has 0 fully saturated rings. The minimum atomic E-state index is -0.240. The molecule has 0 spiro atoms. The Kier molecular flexibility index (Phi) is 6.20. The van der Waals surface area contributed by atoms with Crippen molar-refractivity contribution in [2.24, 2.45) is 0 Å². The second-order valence-corrected chi connectivity index (χ2v) is 7.50. The van der Waals surface area contributed by atoms with Crippen LogP contribution in [0.5, 0.6) is 5.75 Å². The molecule has 1 N–H and O–H groups in total. The summed E-state index contributed by atoms with van der Waals surface area (Å²) in [5.41, 5.74) is 2.87. The molecular formula is C20H25ClN2O2S. The number of thiocarbonyl (C=S) groups is 1. The Morgan fingerprint density at radius 2 is 2.12 bits per heavy atom. The molecule has 4 nitrogen and oxygen atoms in total. The maximum atomic E-state index is 12.7. The van der Waals surface area contributed by atoms with Gasteiger partial charge < -0.3 is 15.0 Å². The van der Waals surface area contributed by atoms with Gasteiger partial charge in [0.25, 0.3) is 0 Å². The second kappa shape index (κ2) is 8.40. The third kappa shape index (κ3) is 3.74. The van der Waals surface area contributed by atoms with Crippen molar-refractivity contribution >= 4 is 34.7 Å². The van der Waals surface area contributed by atoms with E-state index in [1.807, 2.05) is 18.2 Å². The molecule has 0 saturated heterocycles. The van der Waals surface area contributed by atoms with Crippen LogP contribution in [0.15, 0.2) is 29.5 Å². The van der Waals surface area contributed by atoms with E-state index in [0.717, 1.165) is 49.1 Å². The lowest BCUT2D eigenvalue weighted by Crippen LogP contribution is -2.49. The summed E-state index contributed by atoms with van der Waals surface area (Å²) in [5.74, 6) is 0.877. The number of rotatable bonds is 6. The minimum Gasteiger partial charge on any atom is -0.492 e. The van der Waals surface area contributed by atoms with Crippen LogP contribution >= 0.6 is 23.8 Å². The Morgan fingerprint density at radius 3 is 2.81 bits per heavy atom. The molecule has 0 saturated carbocycles. The van der Waals surface area contributed by atoms with E-state index in [-0.39, 0.29) is 11.8 Å². The molecule has 2 aliphatic rings. The molecule has 140 valence electrons. The van der Waals surface area contributed by atoms with Crippen molar-refractivity contribution < 1.29 is 9.53 Å². The van der Waals surface area contributed by atoms with E-state index < -0.39 is 0 Å². The third-order valence-corrected chi connectivity index (χ3v) is 5.39. The summed E-state index contributed by atoms with van der Waals surface area (Å²) in [6, 6.07) is 5.49. The summed E-state index contributed by atoms with van der Waals surface area (Å²) in [6.07, 6.45) is 4.28. The molecular weight excluding hydrogens is 368 g/mol. The molecule has 0 radical (unpaired) electrons. The fraction of sp³-hybridized carbons (Fsp3) is 0.500. The number of carbonyl (C=O) groups is 1. The van der Waals surface area contributed by atoms with Crippen LogP contribution < -0.4 is 10.1 Å². The highest BCUT2D eigenvalue weighted by atomic mass is 35.5. The number of carbonyl (C=O) groups excluding carboxylic acids is 1. The molecule has 1 unspecified atom stereocenters. The second-order valence-electron chi connectivity index (χ2n) is 6.71. The molecule has 0 amide bonds. The van der Waals surface area contributed by atoms with Crippen molar-refractivity contribution in [3.8, 4) is 5.75 Å². The van der Waals surface area contributed by atoms with E-state index in [2.05, 4.69) is 24.1 Å². The van der Waals surface area contributed by atoms with Crippen molar-refractivity contribution in [2.45, 2.75) is 52.0 Å². The lowest BCUT2D eigenvalue weighted by Gasteiger charge is -2.41. The van der Waals surface area contributed by atoms with Crippen LogP contribution in [0.25, 0.3) is 0 Å². The Labute approximate surface area is 165 Å². The lowest BCUT2D eigenvalue weighted by molar-refractivity contribution is -0.116. The summed E-state index contributed by atoms with van der Waals surface area (Å²) < 4.78 is 5.66. The molecule has 0 aromatic heterocycles. The quantitative estimate of drug-likeness (QED) is 0.706. The van der Waals surface area contributed by atoms with Gasteiger partial charge in [0.15, 0.2) is 10.9 Å². The fourth-order valence-electron chi connectivity index (χ4n) is 3.59. The Balaban J connectivity index is 1.98. The highest BCUT2D eigenvalue weighted by Gasteiger charge is 2.37. The van der Waals surface area contributed by atoms with Gasteiger partial charge in [0.1, 0.15) is 5.75 Å². The zero-order valence-electron chi connectivity index (χ0n) is 15.3. The first kappa shape index (κ1) is 19.2. The molecule has 26 heavy (non-hydrogen) atoms. The fourth-order valence-corrected chi connectivity index (χ4v) is 4.15. The van der Waals surface area contributed by atoms with E-state index in [4.69, 9.17) is 28.6 Å². The van der Waals surface area contributed by atoms with Gasteiger partial charge in [0, 0.05) is 24.2 Å². The van der Waals surface area contributed by atoms with Crippen LogP contribution in [-0.2, 0) is 4.79 Å². The maximum absolute atomic E-state index is 12.7. The molecule has 1 atom stereocenters. The molecule has 6 heteroatoms. The van der Waals surface area contributed by atoms with Crippen LogP contribution in [0.2, 0.25) is 5.02 Å². The van der Waals surface area contributed by atoms with Gasteiger partial charge in [-0.2, -0.15) is 0 Å². The SMILES string of the molecule is CCCOc1ccc(C2NC(=S)N(CCC)C3=C2C(=O)CCC3)cc1Cl. The summed E-state index contributed by atoms with van der Waals surface area (Å²) in [5, 5.41) is 4.61. The van der Waals surface area contributed by atoms with E-state index in [9.17, 15) is 4.79 Å². The average molecular weight is 393 g/mol. The number of halogens is 1. The van der Waals surface area contributed by atoms with Gasteiger partial charge in [0.05, 0.1) is 17.7 Å². The number of Topliss-reactive ketones (excluding diaryl/α,β-unsaturated/α-hetero) is 1. The number of ether oxygens (including phenoxy) is 1. The predicted octanol–water partition coefficient (Wildman–Crippen LogP) is 4.78. The average Bonchev–Trinajstić information content (AvgIpc) is 2.63. The van der Waals surface area contributed by atoms with Gasteiger partial charge in [-0.15, -0.1) is 0 Å². The summed E-state index contributed by atoms with van der Waals surface area (Å²) in [7, 11) is 0. The van der Waals surface area contributed by atoms with Crippen LogP contribution in [0.3, 0.4) is 0 Å². The first-order chi connectivity index (χ1) is 12.6. The number of nitrogens with zero attached hydrogens (tertiary/aromatic N) is 1. The van der Waals surface area contributed by atoms with Crippen molar-refractivity contribution in [1.29, 1.82) is 0 Å². The van der Waals surface area contributed by atoms with Gasteiger partial charge in [0.2, 0.25) is 0 Å².